The second-order valence-corrected chi connectivity index (χ2v) is 7.66. The first kappa shape index (κ1) is 19.5. The molecule has 3 heterocycles. The number of halogens is 1. The Morgan fingerprint density at radius 1 is 1.33 bits per heavy atom. The first-order valence-corrected chi connectivity index (χ1v) is 10.1. The van der Waals surface area contributed by atoms with Crippen molar-refractivity contribution in [1.82, 2.24) is 14.9 Å². The van der Waals surface area contributed by atoms with Gasteiger partial charge in [-0.3, -0.25) is 19.4 Å². The second kappa shape index (κ2) is 8.61. The van der Waals surface area contributed by atoms with E-state index in [1.165, 1.54) is 6.07 Å². The maximum atomic E-state index is 12.2. The fraction of sp³-hybridized carbons (Fsp3) is 0.375. The lowest BCUT2D eigenvalue weighted by Crippen LogP contribution is -2.36. The number of likely N-dealkylation sites (tertiary alicyclic amines) is 1. The molecule has 2 amide bonds. The molecule has 0 aliphatic carbocycles. The van der Waals surface area contributed by atoms with Crippen molar-refractivity contribution in [1.29, 1.82) is 0 Å². The monoisotopic (exact) mass is 455 g/mol. The van der Waals surface area contributed by atoms with Crippen LogP contribution in [-0.2, 0) is 4.79 Å². The van der Waals surface area contributed by atoms with Crippen molar-refractivity contribution < 1.29 is 14.0 Å². The zero-order valence-corrected chi connectivity index (χ0v) is 16.7. The summed E-state index contributed by atoms with van der Waals surface area (Å²) in [6.07, 6.45) is 3.17. The van der Waals surface area contributed by atoms with Gasteiger partial charge in [0.05, 0.1) is 5.75 Å². The minimum absolute atomic E-state index is 0.00157. The van der Waals surface area contributed by atoms with Gasteiger partial charge in [0, 0.05) is 13.1 Å². The van der Waals surface area contributed by atoms with Gasteiger partial charge < -0.3 is 20.4 Å². The van der Waals surface area contributed by atoms with Crippen molar-refractivity contribution in [2.75, 3.05) is 29.9 Å². The Labute approximate surface area is 167 Å². The van der Waals surface area contributed by atoms with Crippen LogP contribution in [0.2, 0.25) is 0 Å². The van der Waals surface area contributed by atoms with Crippen molar-refractivity contribution in [2.45, 2.75) is 24.4 Å². The Bertz CT molecular complexity index is 906. The lowest BCUT2D eigenvalue weighted by Gasteiger charge is -2.26. The number of aromatic nitrogens is 2. The zero-order chi connectivity index (χ0) is 19.4. The fourth-order valence-corrected chi connectivity index (χ4v) is 3.71. The van der Waals surface area contributed by atoms with Gasteiger partial charge in [-0.1, -0.05) is 11.8 Å². The number of anilines is 2. The number of nitrogens with two attached hydrogens (primary N) is 1. The molecule has 0 bridgehead atoms. The summed E-state index contributed by atoms with van der Waals surface area (Å²) < 4.78 is 5.52. The van der Waals surface area contributed by atoms with Gasteiger partial charge in [0.2, 0.25) is 5.91 Å². The fourth-order valence-electron chi connectivity index (χ4n) is 2.63. The Hall–Kier alpha value is -2.27. The van der Waals surface area contributed by atoms with Gasteiger partial charge in [-0.15, -0.1) is 0 Å². The molecule has 1 aliphatic heterocycles. The van der Waals surface area contributed by atoms with Gasteiger partial charge in [-0.05, 0) is 47.3 Å². The normalized spacial score (nSPS) is 14.2. The van der Waals surface area contributed by atoms with Gasteiger partial charge >= 0.3 is 0 Å². The molecule has 0 spiro atoms. The Morgan fingerprint density at radius 3 is 2.70 bits per heavy atom. The molecule has 0 aromatic carbocycles. The van der Waals surface area contributed by atoms with E-state index in [4.69, 9.17) is 10.2 Å². The highest BCUT2D eigenvalue weighted by atomic mass is 79.9. The van der Waals surface area contributed by atoms with Gasteiger partial charge in [0.15, 0.2) is 27.1 Å². The van der Waals surface area contributed by atoms with E-state index in [0.717, 1.165) is 44.1 Å². The number of hydrogen-bond acceptors (Lipinski definition) is 7. The van der Waals surface area contributed by atoms with Gasteiger partial charge in [-0.2, -0.15) is 0 Å². The van der Waals surface area contributed by atoms with E-state index < -0.39 is 11.5 Å². The van der Waals surface area contributed by atoms with Crippen LogP contribution in [-0.4, -0.2) is 45.5 Å². The molecule has 0 saturated carbocycles. The number of H-pyrrole nitrogens is 1. The van der Waals surface area contributed by atoms with Crippen LogP contribution >= 0.6 is 27.7 Å². The number of nitrogen functional groups attached to an aromatic ring is 1. The van der Waals surface area contributed by atoms with E-state index in [1.807, 2.05) is 4.90 Å². The van der Waals surface area contributed by atoms with E-state index in [9.17, 15) is 14.4 Å². The number of hydrogen-bond donors (Lipinski definition) is 3. The lowest BCUT2D eigenvalue weighted by molar-refractivity contribution is -0.129. The van der Waals surface area contributed by atoms with Crippen LogP contribution in [0.25, 0.3) is 0 Å². The second-order valence-electron chi connectivity index (χ2n) is 5.92. The Balaban J connectivity index is 1.64. The highest BCUT2D eigenvalue weighted by Crippen LogP contribution is 2.20. The average molecular weight is 456 g/mol. The minimum Gasteiger partial charge on any atom is -0.444 e. The number of piperidine rings is 1. The molecule has 0 atom stereocenters. The van der Waals surface area contributed by atoms with Gasteiger partial charge in [0.1, 0.15) is 0 Å². The topological polar surface area (TPSA) is 134 Å². The first-order valence-electron chi connectivity index (χ1n) is 8.31. The standard InChI is InChI=1S/C16H18BrN5O4S/c17-10-5-4-9(26-10)14(24)19-12-13(18)20-16(21-15(12)25)27-8-11(23)22-6-2-1-3-7-22/h4-5H,1-3,6-8H2,(H,19,24)(H3,18,20,21,25). The van der Waals surface area contributed by atoms with E-state index >= 15 is 0 Å². The average Bonchev–Trinajstić information content (AvgIpc) is 3.10. The minimum atomic E-state index is -0.625. The van der Waals surface area contributed by atoms with Crippen LogP contribution in [0.5, 0.6) is 0 Å². The number of nitrogens with one attached hydrogen (secondary N) is 2. The molecule has 27 heavy (non-hydrogen) atoms. The predicted molar refractivity (Wildman–Crippen MR) is 105 cm³/mol. The highest BCUT2D eigenvalue weighted by Gasteiger charge is 2.19. The molecule has 9 nitrogen and oxygen atoms in total. The maximum absolute atomic E-state index is 12.2. The SMILES string of the molecule is Nc1nc(SCC(=O)N2CCCCC2)[nH]c(=O)c1NC(=O)c1ccc(Br)o1. The molecule has 1 saturated heterocycles. The molecular weight excluding hydrogens is 438 g/mol. The predicted octanol–water partition coefficient (Wildman–Crippen LogP) is 2.06. The molecule has 4 N–H and O–H groups in total. The third kappa shape index (κ3) is 4.92. The van der Waals surface area contributed by atoms with Crippen LogP contribution in [0.1, 0.15) is 29.8 Å². The molecule has 11 heteroatoms. The number of thioether (sulfide) groups is 1. The molecule has 2 aromatic heterocycles. The van der Waals surface area contributed by atoms with Crippen molar-refractivity contribution in [3.05, 3.63) is 32.9 Å². The van der Waals surface area contributed by atoms with Gasteiger partial charge in [0.25, 0.3) is 11.5 Å². The van der Waals surface area contributed by atoms with Crippen molar-refractivity contribution in [2.24, 2.45) is 0 Å². The summed E-state index contributed by atoms with van der Waals surface area (Å²) in [6, 6.07) is 3.01. The van der Waals surface area contributed by atoms with Crippen molar-refractivity contribution in [3.8, 4) is 0 Å². The third-order valence-corrected chi connectivity index (χ3v) is 5.29. The van der Waals surface area contributed by atoms with E-state index in [1.54, 1.807) is 6.07 Å². The number of rotatable bonds is 5. The summed E-state index contributed by atoms with van der Waals surface area (Å²) in [5.74, 6) is -0.576. The Morgan fingerprint density at radius 2 is 2.07 bits per heavy atom. The molecular formula is C16H18BrN5O4S. The lowest BCUT2D eigenvalue weighted by atomic mass is 10.1. The smallest absolute Gasteiger partial charge is 0.291 e. The van der Waals surface area contributed by atoms with Crippen LogP contribution in [0.15, 0.2) is 31.2 Å². The number of aromatic amines is 1. The van der Waals surface area contributed by atoms with E-state index in [0.29, 0.717) is 4.67 Å². The molecule has 1 aliphatic rings. The molecule has 2 aromatic rings. The van der Waals surface area contributed by atoms with Crippen LogP contribution in [0.3, 0.4) is 0 Å². The Kier molecular flexibility index (Phi) is 6.22. The van der Waals surface area contributed by atoms with Crippen LogP contribution in [0, 0.1) is 0 Å². The summed E-state index contributed by atoms with van der Waals surface area (Å²) in [4.78, 5) is 44.9. The maximum Gasteiger partial charge on any atom is 0.291 e. The first-order chi connectivity index (χ1) is 12.9. The quantitative estimate of drug-likeness (QED) is 0.463. The summed E-state index contributed by atoms with van der Waals surface area (Å²) >= 11 is 4.20. The van der Waals surface area contributed by atoms with E-state index in [2.05, 4.69) is 31.2 Å². The number of carbonyl (C=O) groups excluding carboxylic acids is 2. The summed E-state index contributed by atoms with van der Waals surface area (Å²) in [5, 5.41) is 2.61. The van der Waals surface area contributed by atoms with Crippen LogP contribution in [0.4, 0.5) is 11.5 Å². The molecule has 0 radical (unpaired) electrons. The molecule has 0 unspecified atom stereocenters. The molecule has 144 valence electrons. The number of nitrogens with zero attached hydrogens (tertiary/aromatic N) is 2. The third-order valence-electron chi connectivity index (χ3n) is 4.00. The molecule has 1 fully saturated rings. The van der Waals surface area contributed by atoms with Crippen LogP contribution < -0.4 is 16.6 Å². The molecule has 3 rings (SSSR count). The van der Waals surface area contributed by atoms with E-state index in [-0.39, 0.29) is 34.1 Å². The van der Waals surface area contributed by atoms with Crippen molar-refractivity contribution in [3.63, 3.8) is 0 Å². The number of amides is 2. The highest BCUT2D eigenvalue weighted by molar-refractivity contribution is 9.10. The van der Waals surface area contributed by atoms with Crippen molar-refractivity contribution >= 4 is 51.0 Å². The summed E-state index contributed by atoms with van der Waals surface area (Å²) in [6.45, 7) is 1.53. The summed E-state index contributed by atoms with van der Waals surface area (Å²) in [5.41, 5.74) is 5.04. The largest absolute Gasteiger partial charge is 0.444 e. The zero-order valence-electron chi connectivity index (χ0n) is 14.3. The number of furan rings is 1. The summed E-state index contributed by atoms with van der Waals surface area (Å²) in [7, 11) is 0. The van der Waals surface area contributed by atoms with Gasteiger partial charge in [-0.25, -0.2) is 4.98 Å². The number of carbonyl (C=O) groups is 2.